The zero-order valence-electron chi connectivity index (χ0n) is 9.53. The molecular formula is C11H6ClF3N2O2S. The van der Waals surface area contributed by atoms with Gasteiger partial charge in [-0.25, -0.2) is 4.79 Å². The van der Waals surface area contributed by atoms with Crippen LogP contribution in [0, 0.1) is 0 Å². The molecule has 20 heavy (non-hydrogen) atoms. The Kier molecular flexibility index (Phi) is 3.70. The number of nitrogens with zero attached hydrogens (tertiary/aromatic N) is 1. The summed E-state index contributed by atoms with van der Waals surface area (Å²) in [6.07, 6.45) is -4.88. The van der Waals surface area contributed by atoms with E-state index in [0.717, 1.165) is 0 Å². The molecule has 1 aromatic heterocycles. The van der Waals surface area contributed by atoms with Crippen LogP contribution in [0.15, 0.2) is 38.8 Å². The van der Waals surface area contributed by atoms with Gasteiger partial charge in [-0.2, -0.15) is 13.2 Å². The van der Waals surface area contributed by atoms with Crippen molar-refractivity contribution in [3.63, 3.8) is 0 Å². The average Bonchev–Trinajstić information content (AvgIpc) is 2.28. The monoisotopic (exact) mass is 322 g/mol. The Bertz CT molecular complexity index is 782. The van der Waals surface area contributed by atoms with Gasteiger partial charge in [0.2, 0.25) is 0 Å². The summed E-state index contributed by atoms with van der Waals surface area (Å²) >= 11 is 9.82. The van der Waals surface area contributed by atoms with Crippen LogP contribution in [0.2, 0.25) is 5.02 Å². The molecule has 0 fully saturated rings. The number of hydrogen-bond donors (Lipinski definition) is 2. The molecule has 0 aliphatic rings. The number of H-pyrrole nitrogens is 1. The Morgan fingerprint density at radius 2 is 1.85 bits per heavy atom. The van der Waals surface area contributed by atoms with Gasteiger partial charge in [0, 0.05) is 11.0 Å². The zero-order valence-corrected chi connectivity index (χ0v) is 11.2. The highest BCUT2D eigenvalue weighted by Crippen LogP contribution is 2.31. The van der Waals surface area contributed by atoms with E-state index in [9.17, 15) is 22.8 Å². The number of alkyl halides is 3. The van der Waals surface area contributed by atoms with Crippen LogP contribution in [0.3, 0.4) is 0 Å². The van der Waals surface area contributed by atoms with Crippen LogP contribution >= 0.6 is 24.2 Å². The van der Waals surface area contributed by atoms with Gasteiger partial charge in [-0.3, -0.25) is 14.3 Å². The molecule has 0 aliphatic heterocycles. The van der Waals surface area contributed by atoms with Crippen molar-refractivity contribution in [1.29, 1.82) is 0 Å². The van der Waals surface area contributed by atoms with E-state index in [2.05, 4.69) is 12.6 Å². The SMILES string of the molecule is O=c1cc(C(F)(F)F)n(-c2ccc(S)cc2Cl)c(=O)[nH]1. The minimum atomic E-state index is -4.88. The van der Waals surface area contributed by atoms with Gasteiger partial charge in [-0.1, -0.05) is 11.6 Å². The van der Waals surface area contributed by atoms with Crippen LogP contribution in [0.25, 0.3) is 5.69 Å². The number of halogens is 4. The Labute approximate surface area is 120 Å². The lowest BCUT2D eigenvalue weighted by Crippen LogP contribution is -2.34. The Hall–Kier alpha value is -1.67. The van der Waals surface area contributed by atoms with Crippen LogP contribution in [-0.2, 0) is 6.18 Å². The molecule has 2 aromatic rings. The van der Waals surface area contributed by atoms with E-state index in [-0.39, 0.29) is 10.7 Å². The fraction of sp³-hybridized carbons (Fsp3) is 0.0909. The number of nitrogens with one attached hydrogen (secondary N) is 1. The van der Waals surface area contributed by atoms with Crippen molar-refractivity contribution < 1.29 is 13.2 Å². The molecule has 0 saturated heterocycles. The first-order valence-corrected chi connectivity index (χ1v) is 5.95. The van der Waals surface area contributed by atoms with Crippen molar-refractivity contribution in [2.45, 2.75) is 11.1 Å². The highest BCUT2D eigenvalue weighted by Gasteiger charge is 2.36. The molecule has 9 heteroatoms. The van der Waals surface area contributed by atoms with Crippen LogP contribution in [0.4, 0.5) is 13.2 Å². The highest BCUT2D eigenvalue weighted by atomic mass is 35.5. The highest BCUT2D eigenvalue weighted by molar-refractivity contribution is 7.80. The maximum absolute atomic E-state index is 12.9. The summed E-state index contributed by atoms with van der Waals surface area (Å²) in [6, 6.07) is 4.17. The first kappa shape index (κ1) is 14.7. The van der Waals surface area contributed by atoms with Gasteiger partial charge in [0.15, 0.2) is 0 Å². The number of hydrogen-bond acceptors (Lipinski definition) is 3. The summed E-state index contributed by atoms with van der Waals surface area (Å²) in [6.45, 7) is 0. The lowest BCUT2D eigenvalue weighted by Gasteiger charge is -2.15. The van der Waals surface area contributed by atoms with Crippen LogP contribution in [0.1, 0.15) is 5.69 Å². The van der Waals surface area contributed by atoms with Gasteiger partial charge in [0.1, 0.15) is 5.69 Å². The number of rotatable bonds is 1. The molecule has 0 radical (unpaired) electrons. The summed E-state index contributed by atoms with van der Waals surface area (Å²) in [5.41, 5.74) is -3.96. The van der Waals surface area contributed by atoms with Crippen LogP contribution in [0.5, 0.6) is 0 Å². The van der Waals surface area contributed by atoms with E-state index in [1.807, 2.05) is 0 Å². The fourth-order valence-electron chi connectivity index (χ4n) is 1.62. The van der Waals surface area contributed by atoms with Crippen molar-refractivity contribution in [3.8, 4) is 5.69 Å². The number of aromatic amines is 1. The number of thiol groups is 1. The third-order valence-electron chi connectivity index (χ3n) is 2.40. The van der Waals surface area contributed by atoms with E-state index >= 15 is 0 Å². The minimum Gasteiger partial charge on any atom is -0.274 e. The topological polar surface area (TPSA) is 54.9 Å². The first-order chi connectivity index (χ1) is 9.20. The largest absolute Gasteiger partial charge is 0.432 e. The molecule has 106 valence electrons. The van der Waals surface area contributed by atoms with Crippen molar-refractivity contribution in [1.82, 2.24) is 9.55 Å². The van der Waals surface area contributed by atoms with Crippen molar-refractivity contribution in [2.24, 2.45) is 0 Å². The first-order valence-electron chi connectivity index (χ1n) is 5.12. The predicted molar refractivity (Wildman–Crippen MR) is 69.9 cm³/mol. The molecule has 0 amide bonds. The fourth-order valence-corrected chi connectivity index (χ4v) is 2.17. The van der Waals surface area contributed by atoms with Gasteiger partial charge in [0.25, 0.3) is 5.56 Å². The molecule has 1 heterocycles. The molecule has 0 atom stereocenters. The molecule has 1 N–H and O–H groups in total. The summed E-state index contributed by atoms with van der Waals surface area (Å²) < 4.78 is 39.1. The van der Waals surface area contributed by atoms with Crippen LogP contribution < -0.4 is 11.2 Å². The summed E-state index contributed by atoms with van der Waals surface area (Å²) in [5.74, 6) is 0. The molecule has 0 saturated carbocycles. The maximum Gasteiger partial charge on any atom is 0.432 e. The maximum atomic E-state index is 12.9. The van der Waals surface area contributed by atoms with Crippen molar-refractivity contribution in [3.05, 3.63) is 55.8 Å². The van der Waals surface area contributed by atoms with E-state index in [4.69, 9.17) is 11.6 Å². The van der Waals surface area contributed by atoms with Gasteiger partial charge >= 0.3 is 11.9 Å². The molecule has 2 rings (SSSR count). The van der Waals surface area contributed by atoms with E-state index in [1.165, 1.54) is 18.2 Å². The molecule has 0 aliphatic carbocycles. The Balaban J connectivity index is 2.86. The smallest absolute Gasteiger partial charge is 0.274 e. The van der Waals surface area contributed by atoms with Gasteiger partial charge in [0.05, 0.1) is 10.7 Å². The lowest BCUT2D eigenvalue weighted by molar-refractivity contribution is -0.143. The molecule has 0 bridgehead atoms. The Morgan fingerprint density at radius 1 is 1.20 bits per heavy atom. The normalized spacial score (nSPS) is 11.7. The van der Waals surface area contributed by atoms with Gasteiger partial charge in [-0.05, 0) is 18.2 Å². The number of benzene rings is 1. The van der Waals surface area contributed by atoms with E-state index < -0.39 is 23.1 Å². The molecule has 0 spiro atoms. The van der Waals surface area contributed by atoms with Crippen LogP contribution in [-0.4, -0.2) is 9.55 Å². The summed E-state index contributed by atoms with van der Waals surface area (Å²) in [5, 5.41) is -0.0999. The second-order valence-corrected chi connectivity index (χ2v) is 4.72. The summed E-state index contributed by atoms with van der Waals surface area (Å²) in [4.78, 5) is 24.9. The average molecular weight is 323 g/mol. The molecule has 4 nitrogen and oxygen atoms in total. The van der Waals surface area contributed by atoms with Gasteiger partial charge in [-0.15, -0.1) is 12.6 Å². The van der Waals surface area contributed by atoms with Crippen molar-refractivity contribution in [2.75, 3.05) is 0 Å². The molecular weight excluding hydrogens is 317 g/mol. The predicted octanol–water partition coefficient (Wildman–Crippen LogP) is 2.49. The zero-order chi connectivity index (χ0) is 15.1. The minimum absolute atomic E-state index is 0.0999. The van der Waals surface area contributed by atoms with Gasteiger partial charge < -0.3 is 0 Å². The van der Waals surface area contributed by atoms with Crippen molar-refractivity contribution >= 4 is 24.2 Å². The number of aromatic nitrogens is 2. The molecule has 0 unspecified atom stereocenters. The standard InChI is InChI=1S/C11H6ClF3N2O2S/c12-6-3-5(20)1-2-7(6)17-8(11(13,14)15)4-9(18)16-10(17)19/h1-4,20H,(H,16,18,19). The Morgan fingerprint density at radius 3 is 2.40 bits per heavy atom. The third-order valence-corrected chi connectivity index (χ3v) is 2.99. The quantitative estimate of drug-likeness (QED) is 0.793. The second-order valence-electron chi connectivity index (χ2n) is 3.79. The lowest BCUT2D eigenvalue weighted by atomic mass is 10.3. The molecule has 1 aromatic carbocycles. The van der Waals surface area contributed by atoms with E-state index in [0.29, 0.717) is 15.5 Å². The summed E-state index contributed by atoms with van der Waals surface area (Å²) in [7, 11) is 0. The second kappa shape index (κ2) is 5.02. The third kappa shape index (κ3) is 2.75. The van der Waals surface area contributed by atoms with E-state index in [1.54, 1.807) is 4.98 Å².